The molecule has 0 radical (unpaired) electrons. The zero-order chi connectivity index (χ0) is 21.1. The fourth-order valence-corrected chi connectivity index (χ4v) is 5.83. The maximum atomic E-state index is 6.36. The Balaban J connectivity index is 1.32. The van der Waals surface area contributed by atoms with Crippen molar-refractivity contribution in [3.05, 3.63) is 11.6 Å². The van der Waals surface area contributed by atoms with Crippen LogP contribution >= 0.6 is 0 Å². The van der Waals surface area contributed by atoms with E-state index in [2.05, 4.69) is 65.6 Å². The highest BCUT2D eigenvalue weighted by Gasteiger charge is 2.38. The van der Waals surface area contributed by atoms with Crippen LogP contribution in [0.25, 0.3) is 0 Å². The van der Waals surface area contributed by atoms with E-state index < -0.39 is 0 Å². The van der Waals surface area contributed by atoms with E-state index in [1.807, 2.05) is 0 Å². The number of hydrogen-bond donors (Lipinski definition) is 5. The number of hydrazine groups is 1. The first-order valence-electron chi connectivity index (χ1n) is 12.2. The minimum atomic E-state index is 0.0590. The largest absolute Gasteiger partial charge is 0.341 e. The van der Waals surface area contributed by atoms with Gasteiger partial charge in [-0.25, -0.2) is 10.9 Å². The summed E-state index contributed by atoms with van der Waals surface area (Å²) in [7, 11) is 2.15. The highest BCUT2D eigenvalue weighted by molar-refractivity contribution is 5.13. The van der Waals surface area contributed by atoms with Gasteiger partial charge in [0, 0.05) is 19.8 Å². The van der Waals surface area contributed by atoms with Gasteiger partial charge >= 0.3 is 0 Å². The van der Waals surface area contributed by atoms with Crippen LogP contribution in [-0.4, -0.2) is 62.9 Å². The number of ether oxygens (including phenoxy) is 1. The second-order valence-electron chi connectivity index (χ2n) is 10.3. The number of rotatable bonds is 7. The normalized spacial score (nSPS) is 40.8. The van der Waals surface area contributed by atoms with Gasteiger partial charge in [-0.05, 0) is 76.3 Å². The van der Waals surface area contributed by atoms with Gasteiger partial charge < -0.3 is 20.7 Å². The first-order valence-corrected chi connectivity index (χ1v) is 12.2. The van der Waals surface area contributed by atoms with E-state index in [1.165, 1.54) is 25.7 Å². The molecule has 3 saturated heterocycles. The Hall–Kier alpha value is -0.540. The van der Waals surface area contributed by atoms with Gasteiger partial charge in [0.15, 0.2) is 0 Å². The van der Waals surface area contributed by atoms with Crippen molar-refractivity contribution in [2.75, 3.05) is 33.4 Å². The van der Waals surface area contributed by atoms with Crippen LogP contribution in [0.5, 0.6) is 0 Å². The van der Waals surface area contributed by atoms with Gasteiger partial charge in [0.1, 0.15) is 12.5 Å². The van der Waals surface area contributed by atoms with Crippen molar-refractivity contribution in [3.8, 4) is 0 Å². The Bertz CT molecular complexity index is 578. The van der Waals surface area contributed by atoms with Crippen LogP contribution in [0.4, 0.5) is 0 Å². The SMILES string of the molecule is CC1=C[C@@H](CNC2CCCCN2)[C@H](C(C)C)C[C@H]1CC1NNC(C2CNCN2C)O1. The predicted octanol–water partition coefficient (Wildman–Crippen LogP) is 1.56. The average Bonchev–Trinajstić information content (AvgIpc) is 3.37. The van der Waals surface area contributed by atoms with Crippen LogP contribution in [-0.2, 0) is 4.74 Å². The molecule has 0 aromatic rings. The average molecular weight is 421 g/mol. The highest BCUT2D eigenvalue weighted by Crippen LogP contribution is 2.39. The molecule has 1 aliphatic carbocycles. The summed E-state index contributed by atoms with van der Waals surface area (Å²) in [6.45, 7) is 11.3. The first kappa shape index (κ1) is 22.6. The number of hydrogen-bond acceptors (Lipinski definition) is 7. The molecule has 0 spiro atoms. The molecule has 30 heavy (non-hydrogen) atoms. The van der Waals surface area contributed by atoms with Crippen molar-refractivity contribution in [1.29, 1.82) is 0 Å². The number of likely N-dealkylation sites (N-methyl/N-ethyl adjacent to an activating group) is 1. The van der Waals surface area contributed by atoms with E-state index in [0.29, 0.717) is 30.0 Å². The molecular formula is C23H44N6O. The van der Waals surface area contributed by atoms with Gasteiger partial charge in [0.05, 0.1) is 12.2 Å². The Morgan fingerprint density at radius 3 is 2.83 bits per heavy atom. The van der Waals surface area contributed by atoms with Gasteiger partial charge in [0.2, 0.25) is 0 Å². The van der Waals surface area contributed by atoms with Gasteiger partial charge in [0.25, 0.3) is 0 Å². The molecular weight excluding hydrogens is 376 g/mol. The lowest BCUT2D eigenvalue weighted by Gasteiger charge is -2.39. The lowest BCUT2D eigenvalue weighted by Crippen LogP contribution is -2.48. The Labute approximate surface area is 183 Å². The molecule has 0 saturated carbocycles. The monoisotopic (exact) mass is 420 g/mol. The molecule has 7 heteroatoms. The number of nitrogens with one attached hydrogen (secondary N) is 5. The molecule has 4 unspecified atom stereocenters. The molecule has 7 atom stereocenters. The van der Waals surface area contributed by atoms with Crippen LogP contribution < -0.4 is 26.8 Å². The van der Waals surface area contributed by atoms with E-state index in [1.54, 1.807) is 5.57 Å². The first-order chi connectivity index (χ1) is 14.5. The third-order valence-corrected chi connectivity index (χ3v) is 7.82. The zero-order valence-electron chi connectivity index (χ0n) is 19.4. The van der Waals surface area contributed by atoms with Crippen LogP contribution in [0.2, 0.25) is 0 Å². The van der Waals surface area contributed by atoms with Crippen molar-refractivity contribution in [3.63, 3.8) is 0 Å². The second kappa shape index (κ2) is 10.4. The molecule has 0 amide bonds. The summed E-state index contributed by atoms with van der Waals surface area (Å²) in [4.78, 5) is 2.32. The van der Waals surface area contributed by atoms with Crippen molar-refractivity contribution < 1.29 is 4.74 Å². The summed E-state index contributed by atoms with van der Waals surface area (Å²) in [5, 5.41) is 10.9. The zero-order valence-corrected chi connectivity index (χ0v) is 19.4. The lowest BCUT2D eigenvalue weighted by atomic mass is 9.69. The maximum Gasteiger partial charge on any atom is 0.139 e. The number of nitrogens with zero attached hydrogens (tertiary/aromatic N) is 1. The van der Waals surface area contributed by atoms with E-state index in [-0.39, 0.29) is 12.5 Å². The molecule has 172 valence electrons. The van der Waals surface area contributed by atoms with Gasteiger partial charge in [-0.1, -0.05) is 25.5 Å². The molecule has 3 aliphatic heterocycles. The number of piperidine rings is 1. The predicted molar refractivity (Wildman–Crippen MR) is 121 cm³/mol. The number of allylic oxidation sites excluding steroid dienone is 1. The van der Waals surface area contributed by atoms with E-state index >= 15 is 0 Å². The van der Waals surface area contributed by atoms with Crippen molar-refractivity contribution >= 4 is 0 Å². The van der Waals surface area contributed by atoms with Crippen molar-refractivity contribution in [2.45, 2.75) is 77.5 Å². The molecule has 3 heterocycles. The summed E-state index contributed by atoms with van der Waals surface area (Å²) in [5.41, 5.74) is 8.36. The molecule has 0 bridgehead atoms. The summed E-state index contributed by atoms with van der Waals surface area (Å²) in [5.74, 6) is 2.65. The Morgan fingerprint density at radius 1 is 1.27 bits per heavy atom. The fraction of sp³-hybridized carbons (Fsp3) is 0.913. The van der Waals surface area contributed by atoms with Crippen LogP contribution in [0.3, 0.4) is 0 Å². The quantitative estimate of drug-likeness (QED) is 0.400. The molecule has 0 aromatic heterocycles. The molecule has 4 aliphatic rings. The second-order valence-corrected chi connectivity index (χ2v) is 10.3. The van der Waals surface area contributed by atoms with Crippen LogP contribution in [0, 0.1) is 23.7 Å². The molecule has 4 rings (SSSR count). The minimum Gasteiger partial charge on any atom is -0.341 e. The Morgan fingerprint density at radius 2 is 2.13 bits per heavy atom. The molecule has 5 N–H and O–H groups in total. The van der Waals surface area contributed by atoms with Gasteiger partial charge in [-0.3, -0.25) is 4.90 Å². The minimum absolute atomic E-state index is 0.0590. The van der Waals surface area contributed by atoms with E-state index in [4.69, 9.17) is 4.74 Å². The third kappa shape index (κ3) is 5.44. The molecule has 0 aromatic carbocycles. The van der Waals surface area contributed by atoms with Crippen molar-refractivity contribution in [2.24, 2.45) is 23.7 Å². The fourth-order valence-electron chi connectivity index (χ4n) is 5.83. The summed E-state index contributed by atoms with van der Waals surface area (Å²) < 4.78 is 6.36. The lowest BCUT2D eigenvalue weighted by molar-refractivity contribution is -0.0120. The molecule has 7 nitrogen and oxygen atoms in total. The summed E-state index contributed by atoms with van der Waals surface area (Å²) in [6.07, 6.45) is 9.45. The van der Waals surface area contributed by atoms with Crippen LogP contribution in [0.1, 0.15) is 52.9 Å². The van der Waals surface area contributed by atoms with Crippen LogP contribution in [0.15, 0.2) is 11.6 Å². The third-order valence-electron chi connectivity index (χ3n) is 7.82. The highest BCUT2D eigenvalue weighted by atomic mass is 16.6. The molecule has 3 fully saturated rings. The summed E-state index contributed by atoms with van der Waals surface area (Å²) in [6, 6.07) is 0.387. The topological polar surface area (TPSA) is 72.6 Å². The smallest absolute Gasteiger partial charge is 0.139 e. The van der Waals surface area contributed by atoms with E-state index in [9.17, 15) is 0 Å². The summed E-state index contributed by atoms with van der Waals surface area (Å²) >= 11 is 0. The van der Waals surface area contributed by atoms with Crippen molar-refractivity contribution in [1.82, 2.24) is 31.7 Å². The standard InChI is InChI=1S/C23H44N6O/c1-15(2)19-10-17(11-22-27-28-23(30-22)20-13-24-14-29(20)4)16(3)9-18(19)12-26-21-7-5-6-8-25-21/h9,15,17-28H,5-8,10-14H2,1-4H3/t17-,18-,19-,20?,21?,22?,23?/m0/s1. The van der Waals surface area contributed by atoms with Gasteiger partial charge in [-0.2, -0.15) is 0 Å². The van der Waals surface area contributed by atoms with E-state index in [0.717, 1.165) is 38.6 Å². The van der Waals surface area contributed by atoms with Gasteiger partial charge in [-0.15, -0.1) is 0 Å². The Kier molecular flexibility index (Phi) is 7.84. The maximum absolute atomic E-state index is 6.36.